The van der Waals surface area contributed by atoms with E-state index in [2.05, 4.69) is 64.1 Å². The van der Waals surface area contributed by atoms with Crippen molar-refractivity contribution in [1.82, 2.24) is 5.32 Å². The molecule has 0 radical (unpaired) electrons. The van der Waals surface area contributed by atoms with Crippen LogP contribution in [-0.2, 0) is 11.4 Å². The summed E-state index contributed by atoms with van der Waals surface area (Å²) in [5, 5.41) is 4.01. The van der Waals surface area contributed by atoms with Crippen LogP contribution in [0.4, 0.5) is 5.69 Å². The summed E-state index contributed by atoms with van der Waals surface area (Å²) in [7, 11) is 0. The molecule has 0 atom stereocenters. The largest absolute Gasteiger partial charge is 0.488 e. The Morgan fingerprint density at radius 2 is 1.91 bits per heavy atom. The van der Waals surface area contributed by atoms with Crippen molar-refractivity contribution in [1.29, 1.82) is 0 Å². The first-order valence-corrected chi connectivity index (χ1v) is 12.2. The third-order valence-corrected chi connectivity index (χ3v) is 7.04. The summed E-state index contributed by atoms with van der Waals surface area (Å²) in [5.41, 5.74) is 4.90. The molecule has 162 valence electrons. The molecule has 1 amide bonds. The Kier molecular flexibility index (Phi) is 7.23. The van der Waals surface area contributed by atoms with Crippen molar-refractivity contribution in [3.05, 3.63) is 96.4 Å². The third kappa shape index (κ3) is 5.54. The van der Waals surface area contributed by atoms with Gasteiger partial charge in [-0.05, 0) is 95.2 Å². The Morgan fingerprint density at radius 1 is 1.12 bits per heavy atom. The molecule has 0 aliphatic carbocycles. The van der Waals surface area contributed by atoms with Gasteiger partial charge < -0.3 is 10.1 Å². The van der Waals surface area contributed by atoms with Crippen LogP contribution in [0.15, 0.2) is 70.6 Å². The molecule has 7 heteroatoms. The van der Waals surface area contributed by atoms with Gasteiger partial charge in [0.15, 0.2) is 5.17 Å². The van der Waals surface area contributed by atoms with Gasteiger partial charge in [0.2, 0.25) is 0 Å². The number of thioether (sulfide) groups is 1. The van der Waals surface area contributed by atoms with Crippen molar-refractivity contribution in [2.75, 3.05) is 0 Å². The number of hydrogen-bond donors (Lipinski definition) is 1. The van der Waals surface area contributed by atoms with Crippen molar-refractivity contribution >= 4 is 68.8 Å². The second kappa shape index (κ2) is 10.1. The zero-order chi connectivity index (χ0) is 22.7. The van der Waals surface area contributed by atoms with Crippen LogP contribution in [0.5, 0.6) is 5.75 Å². The van der Waals surface area contributed by atoms with Crippen LogP contribution in [0.1, 0.15) is 22.3 Å². The van der Waals surface area contributed by atoms with E-state index in [0.717, 1.165) is 31.7 Å². The van der Waals surface area contributed by atoms with Crippen LogP contribution in [0.2, 0.25) is 5.02 Å². The van der Waals surface area contributed by atoms with Crippen LogP contribution < -0.4 is 10.1 Å². The van der Waals surface area contributed by atoms with Gasteiger partial charge in [-0.15, -0.1) is 0 Å². The number of amidine groups is 1. The molecule has 0 saturated carbocycles. The van der Waals surface area contributed by atoms with Crippen molar-refractivity contribution in [3.63, 3.8) is 0 Å². The van der Waals surface area contributed by atoms with E-state index in [4.69, 9.17) is 16.3 Å². The van der Waals surface area contributed by atoms with Crippen LogP contribution >= 0.6 is 46.0 Å². The van der Waals surface area contributed by atoms with E-state index in [1.54, 1.807) is 0 Å². The molecule has 3 aromatic carbocycles. The minimum atomic E-state index is -0.164. The van der Waals surface area contributed by atoms with Gasteiger partial charge in [-0.2, -0.15) is 0 Å². The van der Waals surface area contributed by atoms with E-state index < -0.39 is 0 Å². The quantitative estimate of drug-likeness (QED) is 0.263. The predicted octanol–water partition coefficient (Wildman–Crippen LogP) is 7.03. The SMILES string of the molecule is Cc1ccc(COc2ccc(/C=C3/SC(=Nc4cccc(Cl)c4C)NC3=O)cc2I)cc1. The van der Waals surface area contributed by atoms with E-state index in [1.165, 1.54) is 17.3 Å². The Bertz CT molecular complexity index is 1240. The number of hydrogen-bond acceptors (Lipinski definition) is 4. The Balaban J connectivity index is 1.47. The van der Waals surface area contributed by atoms with E-state index in [0.29, 0.717) is 21.7 Å². The normalized spacial score (nSPS) is 15.9. The lowest BCUT2D eigenvalue weighted by Gasteiger charge is -2.09. The van der Waals surface area contributed by atoms with E-state index >= 15 is 0 Å². The average molecular weight is 575 g/mol. The van der Waals surface area contributed by atoms with Gasteiger partial charge in [0.25, 0.3) is 5.91 Å². The number of aryl methyl sites for hydroxylation is 1. The summed E-state index contributed by atoms with van der Waals surface area (Å²) in [5.74, 6) is 0.652. The lowest BCUT2D eigenvalue weighted by atomic mass is 10.1. The fourth-order valence-corrected chi connectivity index (χ4v) is 4.73. The molecule has 3 aromatic rings. The number of amides is 1. The standard InChI is InChI=1S/C25H20ClIN2O2S/c1-15-6-8-17(9-7-15)14-31-22-11-10-18(12-20(22)27)13-23-24(30)29-25(32-23)28-21-5-3-4-19(26)16(21)2/h3-13H,14H2,1-2H3,(H,28,29,30)/b23-13+. The summed E-state index contributed by atoms with van der Waals surface area (Å²) < 4.78 is 6.95. The number of nitrogens with zero attached hydrogens (tertiary/aromatic N) is 1. The maximum absolute atomic E-state index is 12.4. The zero-order valence-electron chi connectivity index (χ0n) is 17.5. The molecule has 1 heterocycles. The summed E-state index contributed by atoms with van der Waals surface area (Å²) in [6.45, 7) is 4.48. The molecular weight excluding hydrogens is 555 g/mol. The molecular formula is C25H20ClIN2O2S. The highest BCUT2D eigenvalue weighted by Gasteiger charge is 2.24. The Labute approximate surface area is 210 Å². The highest BCUT2D eigenvalue weighted by atomic mass is 127. The van der Waals surface area contributed by atoms with Crippen LogP contribution in [0.3, 0.4) is 0 Å². The minimum Gasteiger partial charge on any atom is -0.488 e. The van der Waals surface area contributed by atoms with Crippen molar-refractivity contribution in [3.8, 4) is 5.75 Å². The highest BCUT2D eigenvalue weighted by molar-refractivity contribution is 14.1. The van der Waals surface area contributed by atoms with E-state index in [9.17, 15) is 4.79 Å². The second-order valence-electron chi connectivity index (χ2n) is 7.33. The summed E-state index contributed by atoms with van der Waals surface area (Å²) in [6.07, 6.45) is 1.86. The summed E-state index contributed by atoms with van der Waals surface area (Å²) in [6, 6.07) is 19.7. The van der Waals surface area contributed by atoms with Crippen LogP contribution in [0, 0.1) is 17.4 Å². The lowest BCUT2D eigenvalue weighted by Crippen LogP contribution is -2.19. The van der Waals surface area contributed by atoms with Gasteiger partial charge in [0.1, 0.15) is 12.4 Å². The summed E-state index contributed by atoms with van der Waals surface area (Å²) in [4.78, 5) is 17.6. The van der Waals surface area contributed by atoms with Crippen molar-refractivity contribution in [2.24, 2.45) is 4.99 Å². The van der Waals surface area contributed by atoms with Crippen molar-refractivity contribution < 1.29 is 9.53 Å². The van der Waals surface area contributed by atoms with Gasteiger partial charge >= 0.3 is 0 Å². The molecule has 1 fully saturated rings. The molecule has 0 aromatic heterocycles. The molecule has 1 aliphatic heterocycles. The lowest BCUT2D eigenvalue weighted by molar-refractivity contribution is -0.115. The molecule has 1 N–H and O–H groups in total. The highest BCUT2D eigenvalue weighted by Crippen LogP contribution is 2.32. The Hall–Kier alpha value is -2.29. The fraction of sp³-hybridized carbons (Fsp3) is 0.120. The molecule has 32 heavy (non-hydrogen) atoms. The number of ether oxygens (including phenoxy) is 1. The first-order valence-electron chi connectivity index (χ1n) is 9.91. The minimum absolute atomic E-state index is 0.164. The first kappa shape index (κ1) is 22.9. The van der Waals surface area contributed by atoms with Gasteiger partial charge in [-0.3, -0.25) is 4.79 Å². The maximum Gasteiger partial charge on any atom is 0.264 e. The molecule has 0 bridgehead atoms. The molecule has 0 unspecified atom stereocenters. The molecule has 4 rings (SSSR count). The fourth-order valence-electron chi connectivity index (χ4n) is 3.03. The van der Waals surface area contributed by atoms with Gasteiger partial charge in [0, 0.05) is 5.02 Å². The third-order valence-electron chi connectivity index (χ3n) is 4.88. The smallest absolute Gasteiger partial charge is 0.264 e. The number of halogens is 2. The second-order valence-corrected chi connectivity index (χ2v) is 9.93. The average Bonchev–Trinajstić information content (AvgIpc) is 3.10. The number of carbonyl (C=O) groups is 1. The first-order chi connectivity index (χ1) is 15.4. The molecule has 1 saturated heterocycles. The predicted molar refractivity (Wildman–Crippen MR) is 142 cm³/mol. The van der Waals surface area contributed by atoms with Gasteiger partial charge in [-0.1, -0.05) is 53.6 Å². The zero-order valence-corrected chi connectivity index (χ0v) is 21.2. The molecule has 4 nitrogen and oxygen atoms in total. The number of nitrogens with one attached hydrogen (secondary N) is 1. The summed E-state index contributed by atoms with van der Waals surface area (Å²) >= 11 is 9.74. The maximum atomic E-state index is 12.4. The van der Waals surface area contributed by atoms with Crippen LogP contribution in [-0.4, -0.2) is 11.1 Å². The number of carbonyl (C=O) groups excluding carboxylic acids is 1. The number of aliphatic imine (C=N–C) groups is 1. The Morgan fingerprint density at radius 3 is 2.66 bits per heavy atom. The molecule has 1 aliphatic rings. The van der Waals surface area contributed by atoms with E-state index in [-0.39, 0.29) is 5.91 Å². The van der Waals surface area contributed by atoms with Crippen LogP contribution in [0.25, 0.3) is 6.08 Å². The number of benzene rings is 3. The van der Waals surface area contributed by atoms with Gasteiger partial charge in [0.05, 0.1) is 14.2 Å². The number of rotatable bonds is 5. The van der Waals surface area contributed by atoms with Crippen molar-refractivity contribution in [2.45, 2.75) is 20.5 Å². The monoisotopic (exact) mass is 574 g/mol. The molecule has 0 spiro atoms. The topological polar surface area (TPSA) is 50.7 Å². The van der Waals surface area contributed by atoms with E-state index in [1.807, 2.05) is 49.4 Å². The van der Waals surface area contributed by atoms with Gasteiger partial charge in [-0.25, -0.2) is 4.99 Å².